The van der Waals surface area contributed by atoms with E-state index < -0.39 is 0 Å². The molecule has 4 nitrogen and oxygen atoms in total. The van der Waals surface area contributed by atoms with Crippen molar-refractivity contribution in [2.75, 3.05) is 25.5 Å². The van der Waals surface area contributed by atoms with Gasteiger partial charge in [-0.3, -0.25) is 4.79 Å². The van der Waals surface area contributed by atoms with Gasteiger partial charge in [-0.25, -0.2) is 4.98 Å². The first kappa shape index (κ1) is 13.8. The number of anilines is 1. The Balaban J connectivity index is 2.18. The average Bonchev–Trinajstić information content (AvgIpc) is 2.91. The van der Waals surface area contributed by atoms with E-state index in [2.05, 4.69) is 24.1 Å². The fourth-order valence-corrected chi connectivity index (χ4v) is 2.88. The number of nitrogens with one attached hydrogen (secondary N) is 1. The molecule has 0 saturated carbocycles. The molecule has 0 atom stereocenters. The molecule has 1 aromatic heterocycles. The molecule has 104 valence electrons. The molecule has 1 aliphatic rings. The predicted octanol–water partition coefficient (Wildman–Crippen LogP) is 2.78. The molecule has 19 heavy (non-hydrogen) atoms. The topological polar surface area (TPSA) is 45.2 Å². The van der Waals surface area contributed by atoms with Gasteiger partial charge in [0.15, 0.2) is 0 Å². The summed E-state index contributed by atoms with van der Waals surface area (Å²) in [6, 6.07) is 3.66. The Morgan fingerprint density at radius 2 is 2.21 bits per heavy atom. The molecule has 0 spiro atoms. The normalized spacial score (nSPS) is 17.5. The number of hydrogen-bond acceptors (Lipinski definition) is 3. The minimum atomic E-state index is 0.0984. The summed E-state index contributed by atoms with van der Waals surface area (Å²) in [5.74, 6) is 0.763. The van der Waals surface area contributed by atoms with Gasteiger partial charge < -0.3 is 10.2 Å². The van der Waals surface area contributed by atoms with Gasteiger partial charge in [0.2, 0.25) is 0 Å². The smallest absolute Gasteiger partial charge is 0.257 e. The third kappa shape index (κ3) is 2.57. The van der Waals surface area contributed by atoms with Crippen LogP contribution in [0.2, 0.25) is 0 Å². The van der Waals surface area contributed by atoms with Crippen molar-refractivity contribution in [1.29, 1.82) is 0 Å². The van der Waals surface area contributed by atoms with E-state index in [1.54, 1.807) is 13.2 Å². The molecule has 1 N–H and O–H groups in total. The minimum Gasteiger partial charge on any atom is -0.372 e. The first-order valence-corrected chi connectivity index (χ1v) is 7.08. The van der Waals surface area contributed by atoms with Crippen molar-refractivity contribution in [3.8, 4) is 0 Å². The van der Waals surface area contributed by atoms with Crippen molar-refractivity contribution in [2.45, 2.75) is 33.1 Å². The lowest BCUT2D eigenvalue weighted by molar-refractivity contribution is 0.0770. The van der Waals surface area contributed by atoms with E-state index in [1.165, 1.54) is 0 Å². The molecule has 0 aromatic carbocycles. The molecule has 0 unspecified atom stereocenters. The summed E-state index contributed by atoms with van der Waals surface area (Å²) < 4.78 is 0. The van der Waals surface area contributed by atoms with Gasteiger partial charge >= 0.3 is 0 Å². The molecule has 2 rings (SSSR count). The second-order valence-electron chi connectivity index (χ2n) is 5.33. The standard InChI is InChI=1S/C15H23N3O/c1-4-15(5-2)8-10-18(11-15)14(19)12-7-6-9-17-13(12)16-3/h6-7,9H,4-5,8,10-11H2,1-3H3,(H,16,17). The van der Waals surface area contributed by atoms with E-state index in [9.17, 15) is 4.79 Å². The van der Waals surface area contributed by atoms with Crippen LogP contribution in [0.1, 0.15) is 43.5 Å². The Kier molecular flexibility index (Phi) is 4.08. The number of likely N-dealkylation sites (tertiary alicyclic amines) is 1. The Bertz CT molecular complexity index is 454. The van der Waals surface area contributed by atoms with E-state index in [0.717, 1.165) is 32.4 Å². The number of carbonyl (C=O) groups excluding carboxylic acids is 1. The van der Waals surface area contributed by atoms with Crippen molar-refractivity contribution in [2.24, 2.45) is 5.41 Å². The number of amides is 1. The van der Waals surface area contributed by atoms with E-state index in [1.807, 2.05) is 17.0 Å². The third-order valence-corrected chi connectivity index (χ3v) is 4.50. The highest BCUT2D eigenvalue weighted by molar-refractivity contribution is 5.98. The molecular formula is C15H23N3O. The largest absolute Gasteiger partial charge is 0.372 e. The summed E-state index contributed by atoms with van der Waals surface area (Å²) in [6.45, 7) is 6.18. The number of aromatic nitrogens is 1. The summed E-state index contributed by atoms with van der Waals surface area (Å²) in [6.07, 6.45) is 5.09. The highest BCUT2D eigenvalue weighted by atomic mass is 16.2. The Morgan fingerprint density at radius 3 is 2.79 bits per heavy atom. The van der Waals surface area contributed by atoms with Crippen LogP contribution in [0.4, 0.5) is 5.82 Å². The summed E-state index contributed by atoms with van der Waals surface area (Å²) in [5.41, 5.74) is 0.991. The van der Waals surface area contributed by atoms with Gasteiger partial charge in [0, 0.05) is 26.3 Å². The van der Waals surface area contributed by atoms with Gasteiger partial charge in [0.05, 0.1) is 5.56 Å². The summed E-state index contributed by atoms with van der Waals surface area (Å²) in [7, 11) is 1.80. The molecule has 1 aliphatic heterocycles. The van der Waals surface area contributed by atoms with Crippen LogP contribution in [0.25, 0.3) is 0 Å². The van der Waals surface area contributed by atoms with Crippen molar-refractivity contribution in [3.05, 3.63) is 23.9 Å². The maximum Gasteiger partial charge on any atom is 0.257 e. The molecule has 0 radical (unpaired) electrons. The quantitative estimate of drug-likeness (QED) is 0.906. The minimum absolute atomic E-state index is 0.0984. The fourth-order valence-electron chi connectivity index (χ4n) is 2.88. The highest BCUT2D eigenvalue weighted by Crippen LogP contribution is 2.37. The van der Waals surface area contributed by atoms with Gasteiger partial charge in [-0.15, -0.1) is 0 Å². The van der Waals surface area contributed by atoms with Crippen LogP contribution >= 0.6 is 0 Å². The van der Waals surface area contributed by atoms with Crippen LogP contribution in [0.3, 0.4) is 0 Å². The molecule has 4 heteroatoms. The first-order valence-electron chi connectivity index (χ1n) is 7.08. The molecule has 1 aromatic rings. The Hall–Kier alpha value is -1.58. The van der Waals surface area contributed by atoms with Gasteiger partial charge in [-0.05, 0) is 36.8 Å². The van der Waals surface area contributed by atoms with Gasteiger partial charge in [-0.2, -0.15) is 0 Å². The Labute approximate surface area is 115 Å². The van der Waals surface area contributed by atoms with Crippen molar-refractivity contribution < 1.29 is 4.79 Å². The van der Waals surface area contributed by atoms with E-state index in [4.69, 9.17) is 0 Å². The predicted molar refractivity (Wildman–Crippen MR) is 77.3 cm³/mol. The van der Waals surface area contributed by atoms with Crippen molar-refractivity contribution >= 4 is 11.7 Å². The third-order valence-electron chi connectivity index (χ3n) is 4.50. The molecule has 2 heterocycles. The highest BCUT2D eigenvalue weighted by Gasteiger charge is 2.37. The first-order chi connectivity index (χ1) is 9.15. The second kappa shape index (κ2) is 5.59. The lowest BCUT2D eigenvalue weighted by atomic mass is 9.82. The molecule has 1 amide bonds. The van der Waals surface area contributed by atoms with Crippen LogP contribution in [0.15, 0.2) is 18.3 Å². The Morgan fingerprint density at radius 1 is 1.47 bits per heavy atom. The molecule has 1 fully saturated rings. The van der Waals surface area contributed by atoms with E-state index in [0.29, 0.717) is 16.8 Å². The number of nitrogens with zero attached hydrogens (tertiary/aromatic N) is 2. The maximum absolute atomic E-state index is 12.6. The number of hydrogen-bond donors (Lipinski definition) is 1. The number of carbonyl (C=O) groups is 1. The summed E-state index contributed by atoms with van der Waals surface area (Å²) in [4.78, 5) is 18.8. The van der Waals surface area contributed by atoms with Crippen LogP contribution in [0, 0.1) is 5.41 Å². The summed E-state index contributed by atoms with van der Waals surface area (Å²) >= 11 is 0. The summed E-state index contributed by atoms with van der Waals surface area (Å²) in [5, 5.41) is 2.99. The van der Waals surface area contributed by atoms with Crippen LogP contribution in [-0.2, 0) is 0 Å². The average molecular weight is 261 g/mol. The lowest BCUT2D eigenvalue weighted by Gasteiger charge is -2.26. The van der Waals surface area contributed by atoms with Crippen molar-refractivity contribution in [1.82, 2.24) is 9.88 Å². The molecule has 1 saturated heterocycles. The van der Waals surface area contributed by atoms with Gasteiger partial charge in [0.25, 0.3) is 5.91 Å². The van der Waals surface area contributed by atoms with Crippen molar-refractivity contribution in [3.63, 3.8) is 0 Å². The van der Waals surface area contributed by atoms with E-state index >= 15 is 0 Å². The van der Waals surface area contributed by atoms with Crippen LogP contribution in [0.5, 0.6) is 0 Å². The zero-order chi connectivity index (χ0) is 13.9. The second-order valence-corrected chi connectivity index (χ2v) is 5.33. The molecule has 0 aliphatic carbocycles. The fraction of sp³-hybridized carbons (Fsp3) is 0.600. The monoisotopic (exact) mass is 261 g/mol. The maximum atomic E-state index is 12.6. The SMILES string of the molecule is CCC1(CC)CCN(C(=O)c2cccnc2NC)C1. The van der Waals surface area contributed by atoms with Gasteiger partial charge in [0.1, 0.15) is 5.82 Å². The zero-order valence-electron chi connectivity index (χ0n) is 12.1. The zero-order valence-corrected chi connectivity index (χ0v) is 12.1. The molecular weight excluding hydrogens is 238 g/mol. The van der Waals surface area contributed by atoms with Gasteiger partial charge in [-0.1, -0.05) is 13.8 Å². The van der Waals surface area contributed by atoms with Crippen LogP contribution in [-0.4, -0.2) is 35.9 Å². The molecule has 0 bridgehead atoms. The lowest BCUT2D eigenvalue weighted by Crippen LogP contribution is -2.32. The van der Waals surface area contributed by atoms with E-state index in [-0.39, 0.29) is 5.91 Å². The van der Waals surface area contributed by atoms with Crippen LogP contribution < -0.4 is 5.32 Å². The number of rotatable bonds is 4. The number of pyridine rings is 1.